The Balaban J connectivity index is 1.34. The van der Waals surface area contributed by atoms with Crippen molar-refractivity contribution in [1.82, 2.24) is 15.1 Å². The van der Waals surface area contributed by atoms with Crippen molar-refractivity contribution in [3.63, 3.8) is 0 Å². The summed E-state index contributed by atoms with van der Waals surface area (Å²) in [6, 6.07) is 19.2. The maximum absolute atomic E-state index is 12.7. The van der Waals surface area contributed by atoms with Gasteiger partial charge in [0.05, 0.1) is 0 Å². The largest absolute Gasteiger partial charge is 0.336 e. The minimum atomic E-state index is 0.164. The Hall–Kier alpha value is -2.17. The molecule has 0 saturated carbocycles. The summed E-state index contributed by atoms with van der Waals surface area (Å²) in [6.45, 7) is 5.84. The van der Waals surface area contributed by atoms with E-state index in [0.717, 1.165) is 51.3 Å². The summed E-state index contributed by atoms with van der Waals surface area (Å²) < 4.78 is 0. The summed E-state index contributed by atoms with van der Waals surface area (Å²) >= 11 is 0. The number of carbonyl (C=O) groups excluding carboxylic acids is 1. The maximum atomic E-state index is 12.7. The van der Waals surface area contributed by atoms with Gasteiger partial charge in [-0.15, -0.1) is 0 Å². The van der Waals surface area contributed by atoms with Crippen LogP contribution in [-0.4, -0.2) is 61.0 Å². The van der Waals surface area contributed by atoms with E-state index in [9.17, 15) is 4.79 Å². The van der Waals surface area contributed by atoms with Crippen molar-refractivity contribution in [2.75, 3.05) is 39.3 Å². The number of nitrogens with zero attached hydrogens (tertiary/aromatic N) is 2. The Bertz CT molecular complexity index is 702. The van der Waals surface area contributed by atoms with Crippen LogP contribution in [0, 0.1) is 0 Å². The van der Waals surface area contributed by atoms with E-state index in [4.69, 9.17) is 0 Å². The fraction of sp³-hybridized carbons (Fsp3) is 0.381. The Morgan fingerprint density at radius 2 is 1.52 bits per heavy atom. The van der Waals surface area contributed by atoms with Crippen molar-refractivity contribution < 1.29 is 4.79 Å². The van der Waals surface area contributed by atoms with Gasteiger partial charge < -0.3 is 10.2 Å². The minimum absolute atomic E-state index is 0.164. The summed E-state index contributed by atoms with van der Waals surface area (Å²) in [6.07, 6.45) is 0.906. The lowest BCUT2D eigenvalue weighted by Gasteiger charge is -2.43. The van der Waals surface area contributed by atoms with Crippen LogP contribution in [0.2, 0.25) is 0 Å². The molecule has 0 bridgehead atoms. The Kier molecular flexibility index (Phi) is 4.81. The standard InChI is InChI=1S/C21H25N3O/c25-21(24-12-10-23(11-13-24)20-15-22-16-20)19-8-6-18(7-9-19)14-17-4-2-1-3-5-17/h1-9,20,22H,10-16H2. The molecular weight excluding hydrogens is 310 g/mol. The van der Waals surface area contributed by atoms with Gasteiger partial charge in [0.15, 0.2) is 0 Å². The van der Waals surface area contributed by atoms with Crippen molar-refractivity contribution in [3.05, 3.63) is 71.3 Å². The molecule has 0 radical (unpaired) electrons. The fourth-order valence-corrected chi connectivity index (χ4v) is 3.60. The van der Waals surface area contributed by atoms with Gasteiger partial charge in [-0.1, -0.05) is 42.5 Å². The van der Waals surface area contributed by atoms with E-state index < -0.39 is 0 Å². The monoisotopic (exact) mass is 335 g/mol. The number of carbonyl (C=O) groups is 1. The lowest BCUT2D eigenvalue weighted by Crippen LogP contribution is -2.62. The normalized spacial score (nSPS) is 18.8. The van der Waals surface area contributed by atoms with Gasteiger partial charge in [-0.05, 0) is 29.7 Å². The summed E-state index contributed by atoms with van der Waals surface area (Å²) in [5.41, 5.74) is 3.34. The molecule has 4 heteroatoms. The highest BCUT2D eigenvalue weighted by Gasteiger charge is 2.29. The third kappa shape index (κ3) is 3.75. The van der Waals surface area contributed by atoms with Crippen molar-refractivity contribution >= 4 is 5.91 Å². The van der Waals surface area contributed by atoms with Crippen LogP contribution >= 0.6 is 0 Å². The molecule has 2 heterocycles. The highest BCUT2D eigenvalue weighted by atomic mass is 16.2. The number of hydrogen-bond acceptors (Lipinski definition) is 3. The predicted molar refractivity (Wildman–Crippen MR) is 99.8 cm³/mol. The lowest BCUT2D eigenvalue weighted by atomic mass is 10.0. The van der Waals surface area contributed by atoms with Gasteiger partial charge in [0.1, 0.15) is 0 Å². The predicted octanol–water partition coefficient (Wildman–Crippen LogP) is 2.01. The smallest absolute Gasteiger partial charge is 0.253 e. The molecule has 2 fully saturated rings. The van der Waals surface area contributed by atoms with Crippen molar-refractivity contribution in [2.45, 2.75) is 12.5 Å². The van der Waals surface area contributed by atoms with E-state index in [1.165, 1.54) is 11.1 Å². The summed E-state index contributed by atoms with van der Waals surface area (Å²) in [5.74, 6) is 0.164. The van der Waals surface area contributed by atoms with E-state index >= 15 is 0 Å². The molecule has 0 aromatic heterocycles. The van der Waals surface area contributed by atoms with E-state index in [0.29, 0.717) is 6.04 Å². The molecule has 2 saturated heterocycles. The molecule has 4 rings (SSSR count). The van der Waals surface area contributed by atoms with Crippen LogP contribution in [0.5, 0.6) is 0 Å². The molecular formula is C21H25N3O. The first-order chi connectivity index (χ1) is 12.3. The van der Waals surface area contributed by atoms with Gasteiger partial charge in [-0.2, -0.15) is 0 Å². The number of nitrogens with one attached hydrogen (secondary N) is 1. The first kappa shape index (κ1) is 16.3. The minimum Gasteiger partial charge on any atom is -0.336 e. The highest BCUT2D eigenvalue weighted by molar-refractivity contribution is 5.94. The van der Waals surface area contributed by atoms with Crippen LogP contribution < -0.4 is 5.32 Å². The van der Waals surface area contributed by atoms with Crippen LogP contribution in [0.15, 0.2) is 54.6 Å². The first-order valence-electron chi connectivity index (χ1n) is 9.16. The average Bonchev–Trinajstić information content (AvgIpc) is 2.62. The number of rotatable bonds is 4. The Morgan fingerprint density at radius 1 is 0.880 bits per heavy atom. The number of piperazine rings is 1. The van der Waals surface area contributed by atoms with Crippen molar-refractivity contribution in [3.8, 4) is 0 Å². The molecule has 2 aliphatic heterocycles. The molecule has 2 aromatic carbocycles. The Labute approximate surface area is 149 Å². The molecule has 25 heavy (non-hydrogen) atoms. The summed E-state index contributed by atoms with van der Waals surface area (Å²) in [5, 5.41) is 3.32. The number of hydrogen-bond donors (Lipinski definition) is 1. The lowest BCUT2D eigenvalue weighted by molar-refractivity contribution is 0.0502. The molecule has 2 aliphatic rings. The quantitative estimate of drug-likeness (QED) is 0.928. The third-order valence-electron chi connectivity index (χ3n) is 5.33. The molecule has 4 nitrogen and oxygen atoms in total. The zero-order valence-electron chi connectivity index (χ0n) is 14.5. The van der Waals surface area contributed by atoms with Gasteiger partial charge >= 0.3 is 0 Å². The second kappa shape index (κ2) is 7.38. The molecule has 0 aliphatic carbocycles. The van der Waals surface area contributed by atoms with Crippen LogP contribution in [0.3, 0.4) is 0 Å². The molecule has 1 amide bonds. The topological polar surface area (TPSA) is 35.6 Å². The van der Waals surface area contributed by atoms with Crippen LogP contribution in [0.4, 0.5) is 0 Å². The Morgan fingerprint density at radius 3 is 2.12 bits per heavy atom. The fourth-order valence-electron chi connectivity index (χ4n) is 3.60. The van der Waals surface area contributed by atoms with Gasteiger partial charge in [0.2, 0.25) is 0 Å². The van der Waals surface area contributed by atoms with E-state index in [1.54, 1.807) is 0 Å². The van der Waals surface area contributed by atoms with Crippen LogP contribution in [0.25, 0.3) is 0 Å². The zero-order chi connectivity index (χ0) is 17.1. The van der Waals surface area contributed by atoms with Gasteiger partial charge in [0, 0.05) is 50.9 Å². The first-order valence-corrected chi connectivity index (χ1v) is 9.16. The van der Waals surface area contributed by atoms with Crippen LogP contribution in [0.1, 0.15) is 21.5 Å². The molecule has 2 aromatic rings. The van der Waals surface area contributed by atoms with E-state index in [-0.39, 0.29) is 5.91 Å². The van der Waals surface area contributed by atoms with Crippen molar-refractivity contribution in [2.24, 2.45) is 0 Å². The second-order valence-electron chi connectivity index (χ2n) is 7.00. The average molecular weight is 335 g/mol. The summed E-state index contributed by atoms with van der Waals surface area (Å²) in [7, 11) is 0. The van der Waals surface area contributed by atoms with Crippen LogP contribution in [-0.2, 0) is 6.42 Å². The van der Waals surface area contributed by atoms with Gasteiger partial charge in [-0.25, -0.2) is 0 Å². The molecule has 1 N–H and O–H groups in total. The summed E-state index contributed by atoms with van der Waals surface area (Å²) in [4.78, 5) is 17.2. The molecule has 0 unspecified atom stereocenters. The maximum Gasteiger partial charge on any atom is 0.253 e. The van der Waals surface area contributed by atoms with Gasteiger partial charge in [0.25, 0.3) is 5.91 Å². The third-order valence-corrected chi connectivity index (χ3v) is 5.33. The SMILES string of the molecule is O=C(c1ccc(Cc2ccccc2)cc1)N1CCN(C2CNC2)CC1. The number of benzene rings is 2. The zero-order valence-corrected chi connectivity index (χ0v) is 14.5. The second-order valence-corrected chi connectivity index (χ2v) is 7.00. The van der Waals surface area contributed by atoms with Gasteiger partial charge in [-0.3, -0.25) is 9.69 Å². The molecule has 130 valence electrons. The number of amides is 1. The van der Waals surface area contributed by atoms with Crippen molar-refractivity contribution in [1.29, 1.82) is 0 Å². The van der Waals surface area contributed by atoms with E-state index in [1.807, 2.05) is 23.1 Å². The highest BCUT2D eigenvalue weighted by Crippen LogP contribution is 2.15. The van der Waals surface area contributed by atoms with E-state index in [2.05, 4.69) is 46.6 Å². The molecule has 0 spiro atoms. The molecule has 0 atom stereocenters.